The van der Waals surface area contributed by atoms with Crippen molar-refractivity contribution in [3.63, 3.8) is 0 Å². The first-order valence-electron chi connectivity index (χ1n) is 8.39. The Hall–Kier alpha value is -3.04. The lowest BCUT2D eigenvalue weighted by Gasteiger charge is -2.27. The Morgan fingerprint density at radius 1 is 1.29 bits per heavy atom. The Morgan fingerprint density at radius 2 is 2.00 bits per heavy atom. The summed E-state index contributed by atoms with van der Waals surface area (Å²) in [5.74, 6) is -2.22. The van der Waals surface area contributed by atoms with E-state index in [4.69, 9.17) is 9.84 Å². The maximum atomic E-state index is 13.3. The highest BCUT2D eigenvalue weighted by molar-refractivity contribution is 5.93. The third-order valence-electron chi connectivity index (χ3n) is 4.90. The molecule has 1 saturated heterocycles. The number of aryl methyl sites for hydroxylation is 1. The fourth-order valence-corrected chi connectivity index (χ4v) is 3.22. The summed E-state index contributed by atoms with van der Waals surface area (Å²) < 4.78 is 46.6. The summed E-state index contributed by atoms with van der Waals surface area (Å²) >= 11 is 0. The molecule has 1 fully saturated rings. The minimum atomic E-state index is -4.96. The van der Waals surface area contributed by atoms with Crippen molar-refractivity contribution in [1.82, 2.24) is 14.7 Å². The zero-order chi connectivity index (χ0) is 20.7. The smallest absolute Gasteiger partial charge is 0.406 e. The van der Waals surface area contributed by atoms with Crippen molar-refractivity contribution in [2.45, 2.75) is 19.5 Å². The molecule has 1 aliphatic heterocycles. The van der Waals surface area contributed by atoms with Crippen LogP contribution in [0.2, 0.25) is 0 Å². The van der Waals surface area contributed by atoms with E-state index in [-0.39, 0.29) is 12.2 Å². The van der Waals surface area contributed by atoms with Crippen molar-refractivity contribution >= 4 is 11.9 Å². The summed E-state index contributed by atoms with van der Waals surface area (Å²) in [6.07, 6.45) is -4.15. The van der Waals surface area contributed by atoms with Gasteiger partial charge in [-0.25, -0.2) is 4.68 Å². The van der Waals surface area contributed by atoms with Gasteiger partial charge in [0.15, 0.2) is 11.1 Å². The molecule has 1 aromatic heterocycles. The Balaban J connectivity index is 1.86. The topological polar surface area (TPSA) is 84.7 Å². The number of carbonyl (C=O) groups is 2. The fraction of sp³-hybridized carbons (Fsp3) is 0.389. The monoisotopic (exact) mass is 397 g/mol. The molecule has 3 rings (SSSR count). The van der Waals surface area contributed by atoms with E-state index in [1.807, 2.05) is 13.0 Å². The molecule has 10 heteroatoms. The Kier molecular flexibility index (Phi) is 4.82. The van der Waals surface area contributed by atoms with E-state index in [0.29, 0.717) is 11.4 Å². The molecule has 1 aromatic carbocycles. The molecule has 1 unspecified atom stereocenters. The zero-order valence-electron chi connectivity index (χ0n) is 15.2. The average Bonchev–Trinajstić information content (AvgIpc) is 3.29. The number of likely N-dealkylation sites (tertiary alicyclic amines) is 1. The largest absolute Gasteiger partial charge is 0.494 e. The number of aliphatic carboxylic acids is 1. The number of benzene rings is 1. The highest BCUT2D eigenvalue weighted by Crippen LogP contribution is 2.46. The number of amides is 1. The first-order valence-corrected chi connectivity index (χ1v) is 8.39. The van der Waals surface area contributed by atoms with Crippen molar-refractivity contribution < 1.29 is 32.6 Å². The average molecular weight is 397 g/mol. The number of carboxylic acids is 1. The molecule has 1 amide bonds. The van der Waals surface area contributed by atoms with Crippen LogP contribution in [-0.4, -0.2) is 58.0 Å². The first kappa shape index (κ1) is 19.7. The molecule has 0 aliphatic carbocycles. The second kappa shape index (κ2) is 6.84. The van der Waals surface area contributed by atoms with Crippen molar-refractivity contribution in [1.29, 1.82) is 0 Å². The summed E-state index contributed by atoms with van der Waals surface area (Å²) in [4.78, 5) is 24.8. The summed E-state index contributed by atoms with van der Waals surface area (Å²) in [7, 11) is 1.48. The van der Waals surface area contributed by atoms with Crippen LogP contribution in [0.1, 0.15) is 22.5 Å². The summed E-state index contributed by atoms with van der Waals surface area (Å²) in [6.45, 7) is 0.613. The van der Waals surface area contributed by atoms with Gasteiger partial charge in [0.2, 0.25) is 0 Å². The minimum absolute atomic E-state index is 0.0769. The van der Waals surface area contributed by atoms with Crippen LogP contribution >= 0.6 is 0 Å². The second-order valence-electron chi connectivity index (χ2n) is 6.68. The molecular formula is C18H18F3N3O4. The predicted octanol–water partition coefficient (Wildman–Crippen LogP) is 2.67. The van der Waals surface area contributed by atoms with E-state index < -0.39 is 36.4 Å². The number of alkyl halides is 3. The summed E-state index contributed by atoms with van der Waals surface area (Å²) in [5, 5.41) is 13.3. The van der Waals surface area contributed by atoms with Gasteiger partial charge < -0.3 is 14.7 Å². The SMILES string of the molecule is COc1ccc(C)cc1-n1ccc(C(=O)N2CCC(C(=O)O)(C(F)(F)F)C2)n1. The molecule has 28 heavy (non-hydrogen) atoms. The molecule has 0 bridgehead atoms. The molecule has 1 aliphatic rings. The van der Waals surface area contributed by atoms with E-state index in [0.717, 1.165) is 10.5 Å². The van der Waals surface area contributed by atoms with Crippen LogP contribution in [0, 0.1) is 12.3 Å². The lowest BCUT2D eigenvalue weighted by molar-refractivity contribution is -0.227. The molecule has 0 spiro atoms. The highest BCUT2D eigenvalue weighted by atomic mass is 19.4. The predicted molar refractivity (Wildman–Crippen MR) is 91.5 cm³/mol. The van der Waals surface area contributed by atoms with Gasteiger partial charge in [0.05, 0.1) is 7.11 Å². The van der Waals surface area contributed by atoms with Crippen LogP contribution in [0.3, 0.4) is 0 Å². The van der Waals surface area contributed by atoms with Gasteiger partial charge in [0.1, 0.15) is 11.4 Å². The normalized spacial score (nSPS) is 19.7. The molecule has 150 valence electrons. The number of hydrogen-bond acceptors (Lipinski definition) is 4. The Morgan fingerprint density at radius 3 is 2.57 bits per heavy atom. The third kappa shape index (κ3) is 3.19. The quantitative estimate of drug-likeness (QED) is 0.858. The third-order valence-corrected chi connectivity index (χ3v) is 4.90. The number of nitrogens with zero attached hydrogens (tertiary/aromatic N) is 3. The molecule has 2 aromatic rings. The van der Waals surface area contributed by atoms with Crippen LogP contribution in [-0.2, 0) is 4.79 Å². The van der Waals surface area contributed by atoms with Gasteiger partial charge in [-0.2, -0.15) is 18.3 Å². The van der Waals surface area contributed by atoms with Gasteiger partial charge >= 0.3 is 12.1 Å². The van der Waals surface area contributed by atoms with E-state index >= 15 is 0 Å². The Bertz CT molecular complexity index is 925. The van der Waals surface area contributed by atoms with Gasteiger partial charge in [0.25, 0.3) is 5.91 Å². The number of hydrogen-bond donors (Lipinski definition) is 1. The number of rotatable bonds is 4. The Labute approximate surface area is 158 Å². The lowest BCUT2D eigenvalue weighted by Crippen LogP contribution is -2.47. The van der Waals surface area contributed by atoms with Gasteiger partial charge in [-0.1, -0.05) is 6.07 Å². The van der Waals surface area contributed by atoms with E-state index in [2.05, 4.69) is 5.10 Å². The number of carboxylic acid groups (broad SMARTS) is 1. The van der Waals surface area contributed by atoms with E-state index in [9.17, 15) is 22.8 Å². The standard InChI is InChI=1S/C18H18F3N3O4/c1-11-3-4-14(28-2)13(9-11)24-7-5-12(22-24)15(25)23-8-6-17(10-23,16(26)27)18(19,20)21/h3-5,7,9H,6,8,10H2,1-2H3,(H,26,27). The van der Waals surface area contributed by atoms with Gasteiger partial charge in [-0.05, 0) is 37.1 Å². The van der Waals surface area contributed by atoms with Crippen LogP contribution in [0.25, 0.3) is 5.69 Å². The number of aromatic nitrogens is 2. The highest BCUT2D eigenvalue weighted by Gasteiger charge is 2.64. The van der Waals surface area contributed by atoms with Crippen LogP contribution in [0.5, 0.6) is 5.75 Å². The molecule has 1 N–H and O–H groups in total. The second-order valence-corrected chi connectivity index (χ2v) is 6.68. The first-order chi connectivity index (χ1) is 13.1. The van der Waals surface area contributed by atoms with Crippen LogP contribution in [0.4, 0.5) is 13.2 Å². The zero-order valence-corrected chi connectivity index (χ0v) is 15.2. The summed E-state index contributed by atoms with van der Waals surface area (Å²) in [6, 6.07) is 6.73. The maximum Gasteiger partial charge on any atom is 0.406 e. The van der Waals surface area contributed by atoms with Crippen molar-refractivity contribution in [3.8, 4) is 11.4 Å². The van der Waals surface area contributed by atoms with Gasteiger partial charge in [-0.3, -0.25) is 9.59 Å². The number of carbonyl (C=O) groups excluding carboxylic acids is 1. The lowest BCUT2D eigenvalue weighted by atomic mass is 9.86. The molecule has 0 saturated carbocycles. The van der Waals surface area contributed by atoms with E-state index in [1.165, 1.54) is 24.1 Å². The molecule has 0 radical (unpaired) electrons. The fourth-order valence-electron chi connectivity index (χ4n) is 3.22. The van der Waals surface area contributed by atoms with Crippen molar-refractivity contribution in [2.24, 2.45) is 5.41 Å². The van der Waals surface area contributed by atoms with Crippen molar-refractivity contribution in [3.05, 3.63) is 41.7 Å². The van der Waals surface area contributed by atoms with Gasteiger partial charge in [-0.15, -0.1) is 0 Å². The van der Waals surface area contributed by atoms with Crippen molar-refractivity contribution in [2.75, 3.05) is 20.2 Å². The van der Waals surface area contributed by atoms with Crippen LogP contribution < -0.4 is 4.74 Å². The minimum Gasteiger partial charge on any atom is -0.494 e. The molecule has 2 heterocycles. The number of halogens is 3. The van der Waals surface area contributed by atoms with Gasteiger partial charge in [0, 0.05) is 19.3 Å². The maximum absolute atomic E-state index is 13.3. The molecule has 1 atom stereocenters. The number of ether oxygens (including phenoxy) is 1. The van der Waals surface area contributed by atoms with Crippen LogP contribution in [0.15, 0.2) is 30.5 Å². The van der Waals surface area contributed by atoms with E-state index in [1.54, 1.807) is 12.1 Å². The number of methoxy groups -OCH3 is 1. The molecular weight excluding hydrogens is 379 g/mol. The summed E-state index contributed by atoms with van der Waals surface area (Å²) in [5.41, 5.74) is -1.54. The molecule has 7 nitrogen and oxygen atoms in total.